The fraction of sp³-hybridized carbons (Fsp3) is 0.391. The van der Waals surface area contributed by atoms with Crippen LogP contribution in [0.3, 0.4) is 0 Å². The van der Waals surface area contributed by atoms with Crippen LogP contribution < -0.4 is 5.31 Å². The third kappa shape index (κ3) is 5.85. The van der Waals surface area contributed by atoms with Gasteiger partial charge in [0, 0.05) is 24.3 Å². The fourth-order valence-electron chi connectivity index (χ4n) is 2.09. The van der Waals surface area contributed by atoms with Crippen molar-refractivity contribution in [3.8, 4) is 0 Å². The van der Waals surface area contributed by atoms with Crippen molar-refractivity contribution in [3.63, 3.8) is 0 Å². The SMILES string of the molecule is [2H]c1c(C(F)(F)F)cccc1C([2H])([2H])N1C([2H])([2H])C([2H])([2H])C([2H])([2H])C([2H])([2H])C1([2H])C(=O)N([2H])[C@]([2H])(c1c([2H])c([2H])c(C(=O)O)c([2H])c1[2H])C([2H])([2H])[2H]. The molecule has 31 heavy (non-hydrogen) atoms. The van der Waals surface area contributed by atoms with Crippen LogP contribution in [0.25, 0.3) is 0 Å². The van der Waals surface area contributed by atoms with Gasteiger partial charge < -0.3 is 10.4 Å². The molecule has 1 saturated heterocycles. The second-order valence-electron chi connectivity index (χ2n) is 5.58. The van der Waals surface area contributed by atoms with E-state index in [1.807, 2.05) is 0 Å². The molecule has 0 saturated carbocycles. The summed E-state index contributed by atoms with van der Waals surface area (Å²) in [4.78, 5) is 24.9. The molecule has 1 amide bonds. The summed E-state index contributed by atoms with van der Waals surface area (Å²) in [5.41, 5.74) is -6.75. The van der Waals surface area contributed by atoms with E-state index in [1.165, 1.54) is 0 Å². The number of nitrogens with one attached hydrogen (secondary N) is 1. The number of hydrogen-bond acceptors (Lipinski definition) is 3. The number of rotatable bonds is 6. The summed E-state index contributed by atoms with van der Waals surface area (Å²) >= 11 is 0. The Labute approximate surface area is 208 Å². The number of benzene rings is 2. The van der Waals surface area contributed by atoms with Crippen molar-refractivity contribution in [2.75, 3.05) is 6.50 Å². The lowest BCUT2D eigenvalue weighted by molar-refractivity contribution is -0.137. The van der Waals surface area contributed by atoms with Crippen LogP contribution in [0.1, 0.15) is 86.5 Å². The maximum Gasteiger partial charge on any atom is 0.416 e. The van der Waals surface area contributed by atoms with Gasteiger partial charge in [-0.1, -0.05) is 36.7 Å². The summed E-state index contributed by atoms with van der Waals surface area (Å²) in [6, 6.07) is -16.6. The molecule has 1 aliphatic heterocycles. The highest BCUT2D eigenvalue weighted by molar-refractivity contribution is 5.87. The van der Waals surface area contributed by atoms with Crippen LogP contribution in [0.5, 0.6) is 0 Å². The van der Waals surface area contributed by atoms with Crippen LogP contribution in [0.4, 0.5) is 13.2 Å². The minimum absolute atomic E-state index is 0.243. The first kappa shape index (κ1) is 7.92. The molecule has 1 fully saturated rings. The van der Waals surface area contributed by atoms with E-state index in [2.05, 4.69) is 0 Å². The molecule has 1 heterocycles. The fourth-order valence-corrected chi connectivity index (χ4v) is 2.09. The third-order valence-corrected chi connectivity index (χ3v) is 3.46. The Balaban J connectivity index is 2.59. The average molecular weight is 456 g/mol. The van der Waals surface area contributed by atoms with Gasteiger partial charge in [-0.05, 0) is 55.3 Å². The highest BCUT2D eigenvalue weighted by Gasteiger charge is 2.32. The topological polar surface area (TPSA) is 69.6 Å². The van der Waals surface area contributed by atoms with E-state index >= 15 is 0 Å². The van der Waals surface area contributed by atoms with E-state index in [4.69, 9.17) is 28.8 Å². The van der Waals surface area contributed by atoms with Crippen molar-refractivity contribution in [1.82, 2.24) is 10.2 Å². The normalized spacial score (nSPS) is 39.0. The predicted molar refractivity (Wildman–Crippen MR) is 109 cm³/mol. The molecule has 2 aromatic carbocycles. The maximum absolute atomic E-state index is 14.4. The number of carboxylic acids is 1. The van der Waals surface area contributed by atoms with Gasteiger partial charge in [-0.3, -0.25) is 9.69 Å². The number of piperidine rings is 1. The molecule has 1 aliphatic rings. The summed E-state index contributed by atoms with van der Waals surface area (Å²) in [6.45, 7) is -13.3. The highest BCUT2D eigenvalue weighted by Crippen LogP contribution is 2.30. The Kier molecular flexibility index (Phi) is 2.43. The lowest BCUT2D eigenvalue weighted by atomic mass is 9.99. The number of amides is 1. The number of likely N-dealkylation sites (tertiary alicyclic amines) is 1. The molecule has 0 bridgehead atoms. The Morgan fingerprint density at radius 1 is 1.45 bits per heavy atom. The maximum atomic E-state index is 14.4. The third-order valence-electron chi connectivity index (χ3n) is 3.46. The Bertz CT molecular complexity index is 1810. The molecule has 0 radical (unpaired) electrons. The summed E-state index contributed by atoms with van der Waals surface area (Å²) in [7, 11) is 0. The molecule has 8 heteroatoms. The number of carboxylic acid groups (broad SMARTS) is 1. The van der Waals surface area contributed by atoms with E-state index in [-0.39, 0.29) is 6.07 Å². The molecule has 2 atom stereocenters. The van der Waals surface area contributed by atoms with Crippen LogP contribution in [0.2, 0.25) is 1.41 Å². The second kappa shape index (κ2) is 9.51. The number of carbonyl (C=O) groups is 2. The molecule has 3 rings (SSSR count). The zero-order valence-electron chi connectivity index (χ0n) is 36.0. The Morgan fingerprint density at radius 3 is 2.84 bits per heavy atom. The van der Waals surface area contributed by atoms with Gasteiger partial charge in [0.15, 0.2) is 1.41 Å². The predicted octanol–water partition coefficient (Wildman–Crippen LogP) is 4.64. The largest absolute Gasteiger partial charge is 0.478 e. The van der Waals surface area contributed by atoms with E-state index < -0.39 is 132 Å². The zero-order valence-corrected chi connectivity index (χ0v) is 15.0. The van der Waals surface area contributed by atoms with Gasteiger partial charge in [0.2, 0.25) is 5.91 Å². The molecule has 5 nitrogen and oxygen atoms in total. The van der Waals surface area contributed by atoms with E-state index in [9.17, 15) is 27.9 Å². The van der Waals surface area contributed by atoms with Crippen LogP contribution in [-0.2, 0) is 17.5 Å². The summed E-state index contributed by atoms with van der Waals surface area (Å²) in [5.74, 6) is -5.08. The minimum atomic E-state index is -5.42. The molecular weight excluding hydrogens is 409 g/mol. The van der Waals surface area contributed by atoms with Crippen molar-refractivity contribution in [3.05, 3.63) is 70.7 Å². The van der Waals surface area contributed by atoms with Crippen molar-refractivity contribution in [2.24, 2.45) is 0 Å². The minimum Gasteiger partial charge on any atom is -0.478 e. The van der Waals surface area contributed by atoms with Crippen LogP contribution in [0.15, 0.2) is 48.4 Å². The summed E-state index contributed by atoms with van der Waals surface area (Å²) in [5, 5.41) is 8.10. The van der Waals surface area contributed by atoms with Crippen LogP contribution >= 0.6 is 0 Å². The van der Waals surface area contributed by atoms with Gasteiger partial charge in [-0.2, -0.15) is 13.2 Å². The molecule has 0 spiro atoms. The summed E-state index contributed by atoms with van der Waals surface area (Å²) in [6.07, 6.45) is -19.0. The molecule has 2 aromatic rings. The lowest BCUT2D eigenvalue weighted by Crippen LogP contribution is -2.49. The van der Waals surface area contributed by atoms with Crippen molar-refractivity contribution in [2.45, 2.75) is 50.7 Å². The second-order valence-corrected chi connectivity index (χ2v) is 5.58. The zero-order chi connectivity index (χ0) is 41.1. The molecule has 166 valence electrons. The summed E-state index contributed by atoms with van der Waals surface area (Å²) < 4.78 is 216. The van der Waals surface area contributed by atoms with Gasteiger partial charge in [-0.25, -0.2) is 4.79 Å². The number of carbonyl (C=O) groups excluding carboxylic acids is 1. The molecule has 2 N–H and O–H groups in total. The Morgan fingerprint density at radius 2 is 2.19 bits per heavy atom. The molecule has 0 aliphatic carbocycles. The average Bonchev–Trinajstić information content (AvgIpc) is 2.96. The van der Waals surface area contributed by atoms with Gasteiger partial charge >= 0.3 is 12.1 Å². The van der Waals surface area contributed by atoms with Gasteiger partial charge in [-0.15, -0.1) is 0 Å². The first-order valence-corrected chi connectivity index (χ1v) is 8.06. The molecular formula is C23H25F3N2O3. The number of halogens is 3. The van der Waals surface area contributed by atoms with Crippen LogP contribution in [0, 0.1) is 0 Å². The quantitative estimate of drug-likeness (QED) is 0.666. The number of aromatic carboxylic acids is 1. The van der Waals surface area contributed by atoms with Crippen LogP contribution in [-0.4, -0.2) is 34.4 Å². The first-order valence-electron chi connectivity index (χ1n) is 18.5. The Hall–Kier alpha value is -2.87. The molecule has 0 aromatic heterocycles. The van der Waals surface area contributed by atoms with E-state index in [0.717, 1.165) is 0 Å². The first-order chi connectivity index (χ1) is 22.9. The number of hydrogen-bond donors (Lipinski definition) is 2. The standard InChI is InChI=1S/C23H25F3N2O3/c1-15(17-8-10-18(11-9-17)22(30)31)27-21(29)20-7-2-3-12-28(20)14-16-5-4-6-19(13-16)23(24,25)26/h4-6,8-11,13,15,20H,2-3,7,12,14H2,1H3,(H,27,29)(H,30,31)/t15-,20?/m0/s1/i1D3,2D2,3D2,7D2,8D,9D,10D,11D,12D2,13D,14D2,15D,20D/hD. The monoisotopic (exact) mass is 455 g/mol. The number of alkyl halides is 3. The molecule has 1 unspecified atom stereocenters. The van der Waals surface area contributed by atoms with Crippen molar-refractivity contribution >= 4 is 11.9 Å². The van der Waals surface area contributed by atoms with E-state index in [1.54, 1.807) is 0 Å². The lowest BCUT2D eigenvalue weighted by Gasteiger charge is -2.35. The van der Waals surface area contributed by atoms with Crippen molar-refractivity contribution < 1.29 is 56.7 Å². The van der Waals surface area contributed by atoms with Gasteiger partial charge in [0.05, 0.1) is 32.8 Å². The van der Waals surface area contributed by atoms with Gasteiger partial charge in [0.1, 0.15) is 0 Å². The highest BCUT2D eigenvalue weighted by atomic mass is 19.4. The van der Waals surface area contributed by atoms with Crippen molar-refractivity contribution in [1.29, 1.82) is 0 Å². The number of nitrogens with zero attached hydrogens (tertiary/aromatic N) is 1. The smallest absolute Gasteiger partial charge is 0.416 e. The van der Waals surface area contributed by atoms with E-state index in [0.29, 0.717) is 12.1 Å². The van der Waals surface area contributed by atoms with Gasteiger partial charge in [0.25, 0.3) is 0 Å².